The lowest BCUT2D eigenvalue weighted by Crippen LogP contribution is -2.37. The highest BCUT2D eigenvalue weighted by Gasteiger charge is 2.31. The number of para-hydroxylation sites is 1. The minimum atomic E-state index is 0.0994. The number of aryl methyl sites for hydroxylation is 1. The lowest BCUT2D eigenvalue weighted by Gasteiger charge is -2.35. The first-order valence-electron chi connectivity index (χ1n) is 14.5. The highest BCUT2D eigenvalue weighted by atomic mass is 16.5. The number of carbonyl (C=O) groups is 1. The maximum Gasteiger partial charge on any atom is 0.253 e. The minimum absolute atomic E-state index is 0.0994. The summed E-state index contributed by atoms with van der Waals surface area (Å²) in [6.07, 6.45) is 5.97. The molecule has 1 fully saturated rings. The second kappa shape index (κ2) is 12.6. The van der Waals surface area contributed by atoms with Gasteiger partial charge in [0.05, 0.1) is 0 Å². The number of piperidine rings is 1. The fraction of sp³-hybridized carbons (Fsp3) is 0.441. The summed E-state index contributed by atoms with van der Waals surface area (Å²) in [7, 11) is 0. The van der Waals surface area contributed by atoms with Gasteiger partial charge in [0.25, 0.3) is 5.91 Å². The van der Waals surface area contributed by atoms with Crippen molar-refractivity contribution in [1.82, 2.24) is 9.80 Å². The van der Waals surface area contributed by atoms with Crippen molar-refractivity contribution < 1.29 is 9.53 Å². The van der Waals surface area contributed by atoms with Gasteiger partial charge in [-0.3, -0.25) is 9.69 Å². The van der Waals surface area contributed by atoms with E-state index in [-0.39, 0.29) is 5.91 Å². The van der Waals surface area contributed by atoms with Crippen molar-refractivity contribution in [3.8, 4) is 5.75 Å². The van der Waals surface area contributed by atoms with Crippen LogP contribution < -0.4 is 4.74 Å². The molecule has 200 valence electrons. The first kappa shape index (κ1) is 26.5. The molecule has 0 aromatic heterocycles. The fourth-order valence-electron chi connectivity index (χ4n) is 6.41. The molecule has 1 unspecified atom stereocenters. The Bertz CT molecular complexity index is 1190. The molecule has 1 atom stereocenters. The molecule has 3 aromatic rings. The van der Waals surface area contributed by atoms with E-state index in [2.05, 4.69) is 65.6 Å². The third-order valence-electron chi connectivity index (χ3n) is 8.66. The van der Waals surface area contributed by atoms with Gasteiger partial charge in [0.15, 0.2) is 0 Å². The van der Waals surface area contributed by atoms with E-state index in [4.69, 9.17) is 4.74 Å². The van der Waals surface area contributed by atoms with Crippen molar-refractivity contribution in [1.29, 1.82) is 0 Å². The predicted octanol–water partition coefficient (Wildman–Crippen LogP) is 6.58. The zero-order valence-electron chi connectivity index (χ0n) is 23.1. The number of hydrogen-bond acceptors (Lipinski definition) is 3. The normalized spacial score (nSPS) is 17.8. The SMILES string of the molecule is CCN(CC)C(=O)c1ccc(Cc2ccccc2OCCN2CCC(C3CCc4ccccc43)CC2)cc1. The number of likely N-dealkylation sites (tertiary alicyclic amines) is 1. The molecule has 0 saturated carbocycles. The molecule has 1 aliphatic heterocycles. The Morgan fingerprint density at radius 2 is 1.61 bits per heavy atom. The lowest BCUT2D eigenvalue weighted by molar-refractivity contribution is 0.0773. The van der Waals surface area contributed by atoms with Crippen molar-refractivity contribution >= 4 is 5.91 Å². The molecule has 0 bridgehead atoms. The molecular weight excluding hydrogens is 468 g/mol. The maximum absolute atomic E-state index is 12.6. The average Bonchev–Trinajstić information content (AvgIpc) is 3.40. The second-order valence-electron chi connectivity index (χ2n) is 10.8. The third kappa shape index (κ3) is 6.13. The van der Waals surface area contributed by atoms with Crippen LogP contribution in [0.25, 0.3) is 0 Å². The van der Waals surface area contributed by atoms with E-state index in [0.717, 1.165) is 49.2 Å². The van der Waals surface area contributed by atoms with Crippen LogP contribution in [0, 0.1) is 5.92 Å². The van der Waals surface area contributed by atoms with Crippen molar-refractivity contribution in [2.24, 2.45) is 5.92 Å². The third-order valence-corrected chi connectivity index (χ3v) is 8.66. The number of hydrogen-bond donors (Lipinski definition) is 0. The smallest absolute Gasteiger partial charge is 0.253 e. The van der Waals surface area contributed by atoms with Crippen LogP contribution >= 0.6 is 0 Å². The number of benzene rings is 3. The van der Waals surface area contributed by atoms with E-state index < -0.39 is 0 Å². The molecule has 4 nitrogen and oxygen atoms in total. The van der Waals surface area contributed by atoms with E-state index in [9.17, 15) is 4.79 Å². The summed E-state index contributed by atoms with van der Waals surface area (Å²) in [4.78, 5) is 17.0. The van der Waals surface area contributed by atoms with Gasteiger partial charge in [-0.15, -0.1) is 0 Å². The van der Waals surface area contributed by atoms with Crippen molar-refractivity contribution in [3.05, 3.63) is 101 Å². The highest BCUT2D eigenvalue weighted by molar-refractivity contribution is 5.94. The van der Waals surface area contributed by atoms with Crippen LogP contribution in [0.4, 0.5) is 0 Å². The first-order valence-corrected chi connectivity index (χ1v) is 14.5. The van der Waals surface area contributed by atoms with E-state index in [0.29, 0.717) is 6.61 Å². The molecule has 4 heteroatoms. The standard InChI is InChI=1S/C34H42N2O2/c1-3-36(4-2)34(37)29-15-13-26(14-16-29)25-30-10-6-8-12-33(30)38-24-23-35-21-19-28(20-22-35)32-18-17-27-9-5-7-11-31(27)32/h5-16,28,32H,3-4,17-25H2,1-2H3. The van der Waals surface area contributed by atoms with Crippen LogP contribution in [0.5, 0.6) is 5.75 Å². The Kier molecular flexibility index (Phi) is 8.80. The van der Waals surface area contributed by atoms with Crippen molar-refractivity contribution in [2.75, 3.05) is 39.3 Å². The molecule has 1 saturated heterocycles. The largest absolute Gasteiger partial charge is 0.492 e. The van der Waals surface area contributed by atoms with Crippen LogP contribution in [-0.2, 0) is 12.8 Å². The molecule has 1 amide bonds. The van der Waals surface area contributed by atoms with Crippen LogP contribution in [-0.4, -0.2) is 55.0 Å². The van der Waals surface area contributed by atoms with Gasteiger partial charge < -0.3 is 9.64 Å². The monoisotopic (exact) mass is 510 g/mol. The summed E-state index contributed by atoms with van der Waals surface area (Å²) < 4.78 is 6.31. The number of carbonyl (C=O) groups excluding carboxylic acids is 1. The lowest BCUT2D eigenvalue weighted by atomic mass is 9.81. The molecular formula is C34H42N2O2. The molecule has 3 aromatic carbocycles. The van der Waals surface area contributed by atoms with Crippen LogP contribution in [0.3, 0.4) is 0 Å². The number of fused-ring (bicyclic) bond motifs is 1. The summed E-state index contributed by atoms with van der Waals surface area (Å²) in [6, 6.07) is 25.5. The van der Waals surface area contributed by atoms with Crippen LogP contribution in [0.15, 0.2) is 72.8 Å². The number of nitrogens with zero attached hydrogens (tertiary/aromatic N) is 2. The molecule has 0 spiro atoms. The maximum atomic E-state index is 12.6. The summed E-state index contributed by atoms with van der Waals surface area (Å²) in [5.41, 5.74) is 6.33. The Hall–Kier alpha value is -3.11. The topological polar surface area (TPSA) is 32.8 Å². The fourth-order valence-corrected chi connectivity index (χ4v) is 6.41. The molecule has 2 aliphatic rings. The van der Waals surface area contributed by atoms with Crippen molar-refractivity contribution in [2.45, 2.75) is 51.9 Å². The molecule has 1 aliphatic carbocycles. The minimum Gasteiger partial charge on any atom is -0.492 e. The van der Waals surface area contributed by atoms with Gasteiger partial charge in [-0.2, -0.15) is 0 Å². The van der Waals surface area contributed by atoms with E-state index in [1.165, 1.54) is 49.9 Å². The molecule has 1 heterocycles. The van der Waals surface area contributed by atoms with Gasteiger partial charge in [-0.05, 0) is 105 Å². The van der Waals surface area contributed by atoms with E-state index in [1.807, 2.05) is 30.9 Å². The van der Waals surface area contributed by atoms with Gasteiger partial charge in [-0.25, -0.2) is 0 Å². The summed E-state index contributed by atoms with van der Waals surface area (Å²) >= 11 is 0. The summed E-state index contributed by atoms with van der Waals surface area (Å²) in [5, 5.41) is 0. The Morgan fingerprint density at radius 3 is 2.37 bits per heavy atom. The van der Waals surface area contributed by atoms with Gasteiger partial charge >= 0.3 is 0 Å². The number of rotatable bonds is 10. The molecule has 38 heavy (non-hydrogen) atoms. The Labute approximate surface area is 228 Å². The van der Waals surface area contributed by atoms with Crippen LogP contribution in [0.1, 0.15) is 71.6 Å². The quantitative estimate of drug-likeness (QED) is 0.309. The zero-order chi connectivity index (χ0) is 26.3. The van der Waals surface area contributed by atoms with Gasteiger partial charge in [0, 0.05) is 31.6 Å². The van der Waals surface area contributed by atoms with E-state index >= 15 is 0 Å². The van der Waals surface area contributed by atoms with Gasteiger partial charge in [0.1, 0.15) is 12.4 Å². The number of ether oxygens (including phenoxy) is 1. The Balaban J connectivity index is 1.10. The predicted molar refractivity (Wildman–Crippen MR) is 155 cm³/mol. The molecule has 0 radical (unpaired) electrons. The van der Waals surface area contributed by atoms with Crippen molar-refractivity contribution in [3.63, 3.8) is 0 Å². The molecule has 0 N–H and O–H groups in total. The highest BCUT2D eigenvalue weighted by Crippen LogP contribution is 2.42. The zero-order valence-corrected chi connectivity index (χ0v) is 23.1. The Morgan fingerprint density at radius 1 is 0.895 bits per heavy atom. The molecule has 5 rings (SSSR count). The summed E-state index contributed by atoms with van der Waals surface area (Å²) in [5.74, 6) is 2.65. The van der Waals surface area contributed by atoms with Gasteiger partial charge in [-0.1, -0.05) is 54.6 Å². The van der Waals surface area contributed by atoms with E-state index in [1.54, 1.807) is 11.1 Å². The summed E-state index contributed by atoms with van der Waals surface area (Å²) in [6.45, 7) is 9.54. The second-order valence-corrected chi connectivity index (χ2v) is 10.8. The number of amides is 1. The average molecular weight is 511 g/mol. The first-order chi connectivity index (χ1) is 18.7. The van der Waals surface area contributed by atoms with Crippen LogP contribution in [0.2, 0.25) is 0 Å². The van der Waals surface area contributed by atoms with Gasteiger partial charge in [0.2, 0.25) is 0 Å².